The molecule has 0 radical (unpaired) electrons. The maximum Gasteiger partial charge on any atom is 0.352 e. The van der Waals surface area contributed by atoms with Gasteiger partial charge in [-0.25, -0.2) is 23.5 Å². The van der Waals surface area contributed by atoms with Gasteiger partial charge in [-0.1, -0.05) is 83.5 Å². The van der Waals surface area contributed by atoms with Crippen molar-refractivity contribution < 1.29 is 0 Å². The van der Waals surface area contributed by atoms with Crippen molar-refractivity contribution in [2.45, 2.75) is 53.6 Å². The van der Waals surface area contributed by atoms with Gasteiger partial charge < -0.3 is 0 Å². The number of hydrogen-bond donors (Lipinski definition) is 0. The fourth-order valence-corrected chi connectivity index (χ4v) is 5.93. The third-order valence-electron chi connectivity index (χ3n) is 7.30. The third-order valence-corrected chi connectivity index (χ3v) is 7.30. The quantitative estimate of drug-likeness (QED) is 0.687. The Kier molecular flexibility index (Phi) is 3.39. The van der Waals surface area contributed by atoms with E-state index in [4.69, 9.17) is 0 Å². The van der Waals surface area contributed by atoms with E-state index < -0.39 is 0 Å². The molecule has 6 rings (SSSR count). The molecule has 5 heteroatoms. The first kappa shape index (κ1) is 18.5. The summed E-state index contributed by atoms with van der Waals surface area (Å²) >= 11 is 0. The van der Waals surface area contributed by atoms with Crippen LogP contribution in [0.4, 0.5) is 0 Å². The van der Waals surface area contributed by atoms with Crippen LogP contribution in [0.2, 0.25) is 0 Å². The van der Waals surface area contributed by atoms with E-state index in [0.717, 1.165) is 0 Å². The van der Waals surface area contributed by atoms with Crippen molar-refractivity contribution in [3.05, 3.63) is 75.1 Å². The minimum Gasteiger partial charge on any atom is -0.245 e. The second-order valence-electron chi connectivity index (χ2n) is 10.8. The summed E-state index contributed by atoms with van der Waals surface area (Å²) in [5.74, 6) is 0.223. The van der Waals surface area contributed by atoms with Gasteiger partial charge in [0.05, 0.1) is 17.8 Å². The SMILES string of the molecule is CC(C)(C)C1=C[C@]2(C(C)(C)C)[C@H]1[C@H]1C=C[C@H]2n2c(=O)n(-c3ccccc3)c(=O)n21. The van der Waals surface area contributed by atoms with E-state index in [1.54, 1.807) is 9.36 Å². The van der Waals surface area contributed by atoms with Crippen LogP contribution in [0.5, 0.6) is 0 Å². The first-order chi connectivity index (χ1) is 13.5. The van der Waals surface area contributed by atoms with Gasteiger partial charge in [0.25, 0.3) is 0 Å². The molecule has 0 N–H and O–H groups in total. The predicted octanol–water partition coefficient (Wildman–Crippen LogP) is 4.10. The van der Waals surface area contributed by atoms with Crippen molar-refractivity contribution in [1.82, 2.24) is 13.9 Å². The molecule has 2 bridgehead atoms. The zero-order chi connectivity index (χ0) is 20.9. The number of aromatic nitrogens is 3. The summed E-state index contributed by atoms with van der Waals surface area (Å²) < 4.78 is 4.76. The monoisotopic (exact) mass is 391 g/mol. The van der Waals surface area contributed by atoms with E-state index in [2.05, 4.69) is 59.8 Å². The minimum absolute atomic E-state index is 0.0292. The molecule has 4 aliphatic rings. The van der Waals surface area contributed by atoms with Crippen LogP contribution < -0.4 is 11.4 Å². The number of nitrogens with zero attached hydrogens (tertiary/aromatic N) is 3. The Labute approximate surface area is 171 Å². The zero-order valence-corrected chi connectivity index (χ0v) is 18.0. The van der Waals surface area contributed by atoms with E-state index in [9.17, 15) is 9.59 Å². The van der Waals surface area contributed by atoms with Crippen LogP contribution in [0.25, 0.3) is 5.69 Å². The fraction of sp³-hybridized carbons (Fsp3) is 0.500. The largest absolute Gasteiger partial charge is 0.352 e. The zero-order valence-electron chi connectivity index (χ0n) is 18.0. The summed E-state index contributed by atoms with van der Waals surface area (Å²) in [7, 11) is 0. The molecule has 2 aliphatic heterocycles. The summed E-state index contributed by atoms with van der Waals surface area (Å²) in [6, 6.07) is 8.94. The van der Waals surface area contributed by atoms with E-state index in [0.29, 0.717) is 5.69 Å². The first-order valence-corrected chi connectivity index (χ1v) is 10.4. The highest BCUT2D eigenvalue weighted by Gasteiger charge is 2.67. The summed E-state index contributed by atoms with van der Waals surface area (Å²) in [5, 5.41) is 0. The Morgan fingerprint density at radius 3 is 2.07 bits per heavy atom. The minimum atomic E-state index is -0.250. The smallest absolute Gasteiger partial charge is 0.245 e. The molecule has 1 aromatic heterocycles. The molecule has 0 amide bonds. The maximum atomic E-state index is 13.5. The van der Waals surface area contributed by atoms with Crippen LogP contribution >= 0.6 is 0 Å². The molecule has 2 aliphatic carbocycles. The highest BCUT2D eigenvalue weighted by molar-refractivity contribution is 5.45. The Bertz CT molecular complexity index is 1180. The lowest BCUT2D eigenvalue weighted by Crippen LogP contribution is -2.64. The molecule has 4 atom stereocenters. The Balaban J connectivity index is 1.81. The Morgan fingerprint density at radius 2 is 1.48 bits per heavy atom. The predicted molar refractivity (Wildman–Crippen MR) is 114 cm³/mol. The number of benzene rings is 1. The molecule has 5 nitrogen and oxygen atoms in total. The summed E-state index contributed by atoms with van der Waals surface area (Å²) in [6.45, 7) is 13.5. The van der Waals surface area contributed by atoms with Gasteiger partial charge in [-0.2, -0.15) is 0 Å². The van der Waals surface area contributed by atoms with Gasteiger partial charge in [-0.15, -0.1) is 0 Å². The average Bonchev–Trinajstić information content (AvgIpc) is 2.86. The highest BCUT2D eigenvalue weighted by atomic mass is 16.2. The molecular formula is C24H29N3O2. The van der Waals surface area contributed by atoms with Gasteiger partial charge in [0.15, 0.2) is 0 Å². The Hall–Kier alpha value is -2.56. The van der Waals surface area contributed by atoms with Crippen molar-refractivity contribution in [3.8, 4) is 5.69 Å². The van der Waals surface area contributed by atoms with Crippen molar-refractivity contribution >= 4 is 0 Å². The van der Waals surface area contributed by atoms with Crippen molar-refractivity contribution in [3.63, 3.8) is 0 Å². The maximum absolute atomic E-state index is 13.5. The van der Waals surface area contributed by atoms with Gasteiger partial charge in [-0.3, -0.25) is 0 Å². The normalized spacial score (nSPS) is 29.9. The van der Waals surface area contributed by atoms with Crippen LogP contribution in [0.15, 0.2) is 63.7 Å². The van der Waals surface area contributed by atoms with Crippen molar-refractivity contribution in [2.75, 3.05) is 0 Å². The van der Waals surface area contributed by atoms with Crippen LogP contribution in [0.3, 0.4) is 0 Å². The van der Waals surface area contributed by atoms with E-state index in [-0.39, 0.29) is 45.6 Å². The molecule has 0 saturated heterocycles. The highest BCUT2D eigenvalue weighted by Crippen LogP contribution is 2.71. The van der Waals surface area contributed by atoms with Crippen molar-refractivity contribution in [2.24, 2.45) is 22.2 Å². The van der Waals surface area contributed by atoms with E-state index in [1.807, 2.05) is 30.3 Å². The molecule has 1 aromatic carbocycles. The lowest BCUT2D eigenvalue weighted by atomic mass is 9.41. The second kappa shape index (κ2) is 5.32. The molecule has 0 saturated carbocycles. The van der Waals surface area contributed by atoms with Gasteiger partial charge in [-0.05, 0) is 23.0 Å². The standard InChI is InChI=1S/C24H29N3O2/c1-22(2,3)16-14-24(23(4,5)6)18-13-12-17(19(16)24)26-20(28)25(21(29)27(18)26)15-10-8-7-9-11-15/h7-14,17-19H,1-6H3/t17-,18-,19-,24-/m1/s1. The molecule has 3 heterocycles. The van der Waals surface area contributed by atoms with E-state index in [1.165, 1.54) is 10.1 Å². The first-order valence-electron chi connectivity index (χ1n) is 10.4. The molecule has 0 fully saturated rings. The van der Waals surface area contributed by atoms with Gasteiger partial charge in [0.2, 0.25) is 0 Å². The number of hydrogen-bond acceptors (Lipinski definition) is 2. The molecule has 152 valence electrons. The lowest BCUT2D eigenvalue weighted by molar-refractivity contribution is -0.0653. The Morgan fingerprint density at radius 1 is 0.862 bits per heavy atom. The van der Waals surface area contributed by atoms with Crippen LogP contribution in [0, 0.1) is 22.2 Å². The number of allylic oxidation sites excluding steroid dienone is 4. The fourth-order valence-electron chi connectivity index (χ4n) is 5.93. The average molecular weight is 392 g/mol. The lowest BCUT2D eigenvalue weighted by Gasteiger charge is -2.66. The summed E-state index contributed by atoms with van der Waals surface area (Å²) in [6.07, 6.45) is 6.71. The second-order valence-corrected chi connectivity index (χ2v) is 10.8. The third kappa shape index (κ3) is 2.06. The molecule has 29 heavy (non-hydrogen) atoms. The topological polar surface area (TPSA) is 48.9 Å². The number of rotatable bonds is 1. The molecule has 0 unspecified atom stereocenters. The van der Waals surface area contributed by atoms with Gasteiger partial charge in [0, 0.05) is 11.3 Å². The molecule has 2 aromatic rings. The summed E-state index contributed by atoms with van der Waals surface area (Å²) in [4.78, 5) is 27.0. The van der Waals surface area contributed by atoms with Crippen LogP contribution in [0.1, 0.15) is 53.6 Å². The van der Waals surface area contributed by atoms with Gasteiger partial charge >= 0.3 is 11.4 Å². The summed E-state index contributed by atoms with van der Waals surface area (Å²) in [5.41, 5.74) is 1.33. The number of para-hydroxylation sites is 1. The van der Waals surface area contributed by atoms with E-state index >= 15 is 0 Å². The molecular weight excluding hydrogens is 362 g/mol. The van der Waals surface area contributed by atoms with Crippen molar-refractivity contribution in [1.29, 1.82) is 0 Å². The van der Waals surface area contributed by atoms with Crippen LogP contribution in [-0.2, 0) is 0 Å². The molecule has 0 spiro atoms. The van der Waals surface area contributed by atoms with Crippen LogP contribution in [-0.4, -0.2) is 13.9 Å². The van der Waals surface area contributed by atoms with Gasteiger partial charge in [0.1, 0.15) is 0 Å².